The van der Waals surface area contributed by atoms with E-state index in [1.165, 1.54) is 27.8 Å². The lowest BCUT2D eigenvalue weighted by molar-refractivity contribution is -0.123. The SMILES string of the molecule is COc1ccc(C)c2sc(N(CCN(C)C)C(=O)C3CCN(S(=O)(=O)c4ccc(F)cc4)CC3)nc12. The van der Waals surface area contributed by atoms with Crippen molar-refractivity contribution in [1.82, 2.24) is 14.2 Å². The first-order valence-electron chi connectivity index (χ1n) is 11.8. The number of anilines is 1. The second-order valence-corrected chi connectivity index (χ2v) is 12.1. The summed E-state index contributed by atoms with van der Waals surface area (Å²) in [6.07, 6.45) is 0.815. The summed E-state index contributed by atoms with van der Waals surface area (Å²) in [5.41, 5.74) is 1.80. The molecule has 1 aliphatic rings. The first kappa shape index (κ1) is 26.5. The van der Waals surface area contributed by atoms with Crippen LogP contribution in [-0.4, -0.2) is 75.9 Å². The maximum atomic E-state index is 13.7. The number of methoxy groups -OCH3 is 1. The Bertz CT molecular complexity index is 1330. The molecule has 0 atom stereocenters. The minimum atomic E-state index is -3.74. The van der Waals surface area contributed by atoms with Gasteiger partial charge in [0.25, 0.3) is 0 Å². The lowest BCUT2D eigenvalue weighted by Crippen LogP contribution is -2.46. The number of carbonyl (C=O) groups is 1. The summed E-state index contributed by atoms with van der Waals surface area (Å²) in [6.45, 7) is 3.60. The maximum absolute atomic E-state index is 13.7. The van der Waals surface area contributed by atoms with Crippen molar-refractivity contribution in [2.75, 3.05) is 52.3 Å². The van der Waals surface area contributed by atoms with Gasteiger partial charge in [0.2, 0.25) is 15.9 Å². The fourth-order valence-electron chi connectivity index (χ4n) is 4.30. The van der Waals surface area contributed by atoms with Crippen LogP contribution in [0.3, 0.4) is 0 Å². The number of sulfonamides is 1. The molecule has 1 amide bonds. The Morgan fingerprint density at radius 3 is 2.42 bits per heavy atom. The number of nitrogens with zero attached hydrogens (tertiary/aromatic N) is 4. The van der Waals surface area contributed by atoms with Gasteiger partial charge in [-0.15, -0.1) is 0 Å². The van der Waals surface area contributed by atoms with Crippen molar-refractivity contribution in [3.8, 4) is 5.75 Å². The Kier molecular flexibility index (Phi) is 7.93. The normalized spacial score (nSPS) is 15.5. The highest BCUT2D eigenvalue weighted by atomic mass is 32.2. The number of carbonyl (C=O) groups excluding carboxylic acids is 1. The minimum Gasteiger partial charge on any atom is -0.494 e. The third-order valence-corrected chi connectivity index (χ3v) is 9.56. The van der Waals surface area contributed by atoms with Crippen molar-refractivity contribution in [1.29, 1.82) is 0 Å². The fraction of sp³-hybridized carbons (Fsp3) is 0.440. The molecule has 11 heteroatoms. The summed E-state index contributed by atoms with van der Waals surface area (Å²) < 4.78 is 47.1. The zero-order valence-corrected chi connectivity index (χ0v) is 22.5. The van der Waals surface area contributed by atoms with E-state index in [0.717, 1.165) is 27.9 Å². The number of hydrogen-bond donors (Lipinski definition) is 0. The van der Waals surface area contributed by atoms with Crippen molar-refractivity contribution in [2.24, 2.45) is 5.92 Å². The minimum absolute atomic E-state index is 0.0497. The van der Waals surface area contributed by atoms with Gasteiger partial charge in [0.15, 0.2) is 5.13 Å². The smallest absolute Gasteiger partial charge is 0.243 e. The number of halogens is 1. The van der Waals surface area contributed by atoms with Gasteiger partial charge in [-0.05, 0) is 69.8 Å². The highest BCUT2D eigenvalue weighted by Crippen LogP contribution is 2.37. The molecular formula is C25H31FN4O4S2. The summed E-state index contributed by atoms with van der Waals surface area (Å²) in [4.78, 5) is 22.3. The molecule has 0 spiro atoms. The third-order valence-electron chi connectivity index (χ3n) is 6.43. The van der Waals surface area contributed by atoms with Crippen molar-refractivity contribution < 1.29 is 22.3 Å². The van der Waals surface area contributed by atoms with Crippen molar-refractivity contribution in [2.45, 2.75) is 24.7 Å². The van der Waals surface area contributed by atoms with Gasteiger partial charge in [-0.25, -0.2) is 17.8 Å². The van der Waals surface area contributed by atoms with Gasteiger partial charge in [-0.1, -0.05) is 17.4 Å². The summed E-state index contributed by atoms with van der Waals surface area (Å²) in [5, 5.41) is 0.616. The third kappa shape index (κ3) is 5.39. The van der Waals surface area contributed by atoms with E-state index in [9.17, 15) is 17.6 Å². The van der Waals surface area contributed by atoms with Gasteiger partial charge in [-0.3, -0.25) is 9.69 Å². The highest BCUT2D eigenvalue weighted by Gasteiger charge is 2.35. The number of rotatable bonds is 8. The number of amides is 1. The second kappa shape index (κ2) is 10.8. The highest BCUT2D eigenvalue weighted by molar-refractivity contribution is 7.89. The van der Waals surface area contributed by atoms with E-state index < -0.39 is 15.8 Å². The Labute approximate surface area is 215 Å². The van der Waals surface area contributed by atoms with E-state index in [-0.39, 0.29) is 29.8 Å². The van der Waals surface area contributed by atoms with E-state index in [4.69, 9.17) is 9.72 Å². The van der Waals surface area contributed by atoms with Crippen LogP contribution in [0, 0.1) is 18.7 Å². The van der Waals surface area contributed by atoms with E-state index in [1.54, 1.807) is 12.0 Å². The number of thiazole rings is 1. The number of likely N-dealkylation sites (N-methyl/N-ethyl adjacent to an activating group) is 1. The number of piperidine rings is 1. The molecule has 1 aromatic heterocycles. The van der Waals surface area contributed by atoms with E-state index in [0.29, 0.717) is 36.8 Å². The number of benzene rings is 2. The number of aromatic nitrogens is 1. The monoisotopic (exact) mass is 534 g/mol. The molecule has 3 aromatic rings. The largest absolute Gasteiger partial charge is 0.494 e. The van der Waals surface area contributed by atoms with Gasteiger partial charge in [0.1, 0.15) is 17.1 Å². The molecule has 1 fully saturated rings. The van der Waals surface area contributed by atoms with Gasteiger partial charge in [0, 0.05) is 32.1 Å². The summed E-state index contributed by atoms with van der Waals surface area (Å²) >= 11 is 1.47. The van der Waals surface area contributed by atoms with Crippen molar-refractivity contribution in [3.05, 3.63) is 47.8 Å². The van der Waals surface area contributed by atoms with Crippen LogP contribution in [0.2, 0.25) is 0 Å². The lowest BCUT2D eigenvalue weighted by atomic mass is 9.96. The number of fused-ring (bicyclic) bond motifs is 1. The Morgan fingerprint density at radius 1 is 1.14 bits per heavy atom. The molecular weight excluding hydrogens is 503 g/mol. The molecule has 36 heavy (non-hydrogen) atoms. The molecule has 8 nitrogen and oxygen atoms in total. The Hall–Kier alpha value is -2.60. The van der Waals surface area contributed by atoms with Crippen LogP contribution < -0.4 is 9.64 Å². The topological polar surface area (TPSA) is 83.0 Å². The fourth-order valence-corrected chi connectivity index (χ4v) is 6.85. The van der Waals surface area contributed by atoms with Crippen LogP contribution in [0.15, 0.2) is 41.3 Å². The molecule has 194 valence electrons. The van der Waals surface area contributed by atoms with E-state index in [1.807, 2.05) is 38.1 Å². The number of hydrogen-bond acceptors (Lipinski definition) is 7. The van der Waals surface area contributed by atoms with Crippen LogP contribution in [0.5, 0.6) is 5.75 Å². The van der Waals surface area contributed by atoms with Crippen LogP contribution in [0.25, 0.3) is 10.2 Å². The molecule has 0 bridgehead atoms. The summed E-state index contributed by atoms with van der Waals surface area (Å²) in [6, 6.07) is 8.68. The molecule has 0 N–H and O–H groups in total. The van der Waals surface area contributed by atoms with E-state index in [2.05, 4.69) is 0 Å². The predicted octanol–water partition coefficient (Wildman–Crippen LogP) is 3.75. The van der Waals surface area contributed by atoms with Gasteiger partial charge >= 0.3 is 0 Å². The molecule has 0 radical (unpaired) electrons. The molecule has 1 aliphatic heterocycles. The molecule has 4 rings (SSSR count). The summed E-state index contributed by atoms with van der Waals surface area (Å²) in [5.74, 6) is -0.190. The van der Waals surface area contributed by atoms with Crippen LogP contribution >= 0.6 is 11.3 Å². The molecule has 0 unspecified atom stereocenters. The molecule has 0 aliphatic carbocycles. The maximum Gasteiger partial charge on any atom is 0.243 e. The van der Waals surface area contributed by atoms with Crippen molar-refractivity contribution >= 4 is 42.6 Å². The first-order valence-corrected chi connectivity index (χ1v) is 14.0. The average Bonchev–Trinajstić information content (AvgIpc) is 3.30. The summed E-state index contributed by atoms with van der Waals surface area (Å²) in [7, 11) is 1.77. The molecule has 2 aromatic carbocycles. The van der Waals surface area contributed by atoms with Crippen molar-refractivity contribution in [3.63, 3.8) is 0 Å². The van der Waals surface area contributed by atoms with Gasteiger partial charge in [0.05, 0.1) is 16.7 Å². The zero-order chi connectivity index (χ0) is 26.0. The van der Waals surface area contributed by atoms with Crippen LogP contribution in [0.1, 0.15) is 18.4 Å². The number of aryl methyl sites for hydroxylation is 1. The Balaban J connectivity index is 1.55. The average molecular weight is 535 g/mol. The Morgan fingerprint density at radius 2 is 1.81 bits per heavy atom. The van der Waals surface area contributed by atoms with Gasteiger partial charge < -0.3 is 9.64 Å². The molecule has 1 saturated heterocycles. The zero-order valence-electron chi connectivity index (χ0n) is 20.9. The second-order valence-electron chi connectivity index (χ2n) is 9.18. The lowest BCUT2D eigenvalue weighted by Gasteiger charge is -2.33. The number of ether oxygens (including phenoxy) is 1. The molecule has 2 heterocycles. The first-order chi connectivity index (χ1) is 17.1. The van der Waals surface area contributed by atoms with Crippen LogP contribution in [0.4, 0.5) is 9.52 Å². The predicted molar refractivity (Wildman–Crippen MR) is 140 cm³/mol. The van der Waals surface area contributed by atoms with Crippen LogP contribution in [-0.2, 0) is 14.8 Å². The molecule has 0 saturated carbocycles. The van der Waals surface area contributed by atoms with E-state index >= 15 is 0 Å². The standard InChI is InChI=1S/C25H31FN4O4S2/c1-17-5-10-21(34-4)22-23(17)35-25(27-22)30(16-15-28(2)3)24(31)18-11-13-29(14-12-18)36(32,33)20-8-6-19(26)7-9-20/h5-10,18H,11-16H2,1-4H3. The van der Waals surface area contributed by atoms with Gasteiger partial charge in [-0.2, -0.15) is 4.31 Å². The quantitative estimate of drug-likeness (QED) is 0.438.